The van der Waals surface area contributed by atoms with Gasteiger partial charge in [0.15, 0.2) is 0 Å². The molecule has 0 aliphatic carbocycles. The molecule has 2 atom stereocenters. The van der Waals surface area contributed by atoms with Crippen LogP contribution in [-0.4, -0.2) is 5.11 Å². The zero-order chi connectivity index (χ0) is 14.5. The zero-order valence-corrected chi connectivity index (χ0v) is 12.4. The maximum atomic E-state index is 9.38. The van der Waals surface area contributed by atoms with E-state index in [0.29, 0.717) is 17.8 Å². The highest BCUT2D eigenvalue weighted by Crippen LogP contribution is 2.24. The number of hydrogen-bond donors (Lipinski definition) is 2. The van der Waals surface area contributed by atoms with Crippen LogP contribution in [0.4, 0.5) is 0 Å². The van der Waals surface area contributed by atoms with Crippen molar-refractivity contribution in [3.05, 3.63) is 65.2 Å². The summed E-state index contributed by atoms with van der Waals surface area (Å²) < 4.78 is 0. The SMILES string of the molecule is CCC(N[C@H](C)c1cccc(C)c1)c1ccc(O)cc1. The molecule has 2 nitrogen and oxygen atoms in total. The fraction of sp³-hybridized carbons (Fsp3) is 0.333. The second kappa shape index (κ2) is 6.58. The Morgan fingerprint density at radius 2 is 1.75 bits per heavy atom. The van der Waals surface area contributed by atoms with Crippen LogP contribution in [0, 0.1) is 6.92 Å². The number of hydrogen-bond acceptors (Lipinski definition) is 2. The molecule has 20 heavy (non-hydrogen) atoms. The standard InChI is InChI=1S/C18H23NO/c1-4-18(15-8-10-17(20)11-9-15)19-14(3)16-7-5-6-13(2)12-16/h5-12,14,18-20H,4H2,1-3H3/t14-,18?/m1/s1. The second-order valence-electron chi connectivity index (χ2n) is 5.35. The molecule has 0 aliphatic heterocycles. The summed E-state index contributed by atoms with van der Waals surface area (Å²) in [4.78, 5) is 0. The van der Waals surface area contributed by atoms with Gasteiger partial charge >= 0.3 is 0 Å². The lowest BCUT2D eigenvalue weighted by molar-refractivity contribution is 0.453. The maximum Gasteiger partial charge on any atom is 0.115 e. The van der Waals surface area contributed by atoms with Crippen LogP contribution < -0.4 is 5.32 Å². The van der Waals surface area contributed by atoms with Crippen molar-refractivity contribution < 1.29 is 5.11 Å². The van der Waals surface area contributed by atoms with Gasteiger partial charge < -0.3 is 10.4 Å². The van der Waals surface area contributed by atoms with Crippen molar-refractivity contribution in [2.45, 2.75) is 39.3 Å². The number of phenolic OH excluding ortho intramolecular Hbond substituents is 1. The van der Waals surface area contributed by atoms with E-state index in [9.17, 15) is 5.11 Å². The second-order valence-corrected chi connectivity index (χ2v) is 5.35. The fourth-order valence-corrected chi connectivity index (χ4v) is 2.49. The van der Waals surface area contributed by atoms with Crippen LogP contribution in [0.1, 0.15) is 49.0 Å². The molecule has 0 saturated carbocycles. The summed E-state index contributed by atoms with van der Waals surface area (Å²) in [5.74, 6) is 0.315. The van der Waals surface area contributed by atoms with Crippen LogP contribution in [0.25, 0.3) is 0 Å². The monoisotopic (exact) mass is 269 g/mol. The molecule has 0 radical (unpaired) electrons. The van der Waals surface area contributed by atoms with Crippen LogP contribution >= 0.6 is 0 Å². The normalized spacial score (nSPS) is 13.9. The predicted molar refractivity (Wildman–Crippen MR) is 83.9 cm³/mol. The number of nitrogens with one attached hydrogen (secondary N) is 1. The zero-order valence-electron chi connectivity index (χ0n) is 12.4. The molecule has 2 rings (SSSR count). The van der Waals surface area contributed by atoms with Crippen molar-refractivity contribution in [2.24, 2.45) is 0 Å². The minimum absolute atomic E-state index is 0.297. The Morgan fingerprint density at radius 1 is 1.05 bits per heavy atom. The average molecular weight is 269 g/mol. The molecule has 2 heteroatoms. The Bertz CT molecular complexity index is 548. The van der Waals surface area contributed by atoms with Crippen molar-refractivity contribution in [3.8, 4) is 5.75 Å². The molecule has 0 spiro atoms. The van der Waals surface area contributed by atoms with Crippen LogP contribution in [0.15, 0.2) is 48.5 Å². The fourth-order valence-electron chi connectivity index (χ4n) is 2.49. The molecule has 0 saturated heterocycles. The first kappa shape index (κ1) is 14.6. The molecule has 0 aliphatic rings. The Hall–Kier alpha value is -1.80. The Morgan fingerprint density at radius 3 is 2.35 bits per heavy atom. The van der Waals surface area contributed by atoms with Crippen molar-refractivity contribution in [1.82, 2.24) is 5.32 Å². The third-order valence-electron chi connectivity index (χ3n) is 3.70. The van der Waals surface area contributed by atoms with Gasteiger partial charge in [-0.2, -0.15) is 0 Å². The highest BCUT2D eigenvalue weighted by atomic mass is 16.3. The van der Waals surface area contributed by atoms with E-state index in [4.69, 9.17) is 0 Å². The van der Waals surface area contributed by atoms with Gasteiger partial charge in [-0.15, -0.1) is 0 Å². The summed E-state index contributed by atoms with van der Waals surface area (Å²) in [6, 6.07) is 16.7. The van der Waals surface area contributed by atoms with Gasteiger partial charge in [0.05, 0.1) is 0 Å². The van der Waals surface area contributed by atoms with Gasteiger partial charge in [-0.05, 0) is 43.5 Å². The van der Waals surface area contributed by atoms with E-state index in [1.165, 1.54) is 16.7 Å². The lowest BCUT2D eigenvalue weighted by Crippen LogP contribution is -2.24. The molecule has 2 aromatic rings. The predicted octanol–water partition coefficient (Wildman–Crippen LogP) is 4.50. The first-order valence-electron chi connectivity index (χ1n) is 7.21. The largest absolute Gasteiger partial charge is 0.508 e. The lowest BCUT2D eigenvalue weighted by atomic mass is 10.0. The third-order valence-corrected chi connectivity index (χ3v) is 3.70. The summed E-state index contributed by atoms with van der Waals surface area (Å²) in [5, 5.41) is 13.0. The van der Waals surface area contributed by atoms with Gasteiger partial charge in [-0.25, -0.2) is 0 Å². The van der Waals surface area contributed by atoms with Gasteiger partial charge in [0.1, 0.15) is 5.75 Å². The first-order chi connectivity index (χ1) is 9.60. The molecule has 2 aromatic carbocycles. The van der Waals surface area contributed by atoms with Gasteiger partial charge in [-0.1, -0.05) is 48.9 Å². The Kier molecular flexibility index (Phi) is 4.80. The van der Waals surface area contributed by atoms with Crippen molar-refractivity contribution in [3.63, 3.8) is 0 Å². The number of aryl methyl sites for hydroxylation is 1. The molecule has 106 valence electrons. The summed E-state index contributed by atoms with van der Waals surface area (Å²) in [6.07, 6.45) is 1.01. The summed E-state index contributed by atoms with van der Waals surface area (Å²) in [7, 11) is 0. The van der Waals surface area contributed by atoms with Crippen molar-refractivity contribution >= 4 is 0 Å². The molecular weight excluding hydrogens is 246 g/mol. The number of phenols is 1. The Balaban J connectivity index is 2.11. The summed E-state index contributed by atoms with van der Waals surface area (Å²) in [5.41, 5.74) is 3.81. The molecule has 0 aromatic heterocycles. The van der Waals surface area contributed by atoms with E-state index >= 15 is 0 Å². The van der Waals surface area contributed by atoms with Crippen LogP contribution in [0.2, 0.25) is 0 Å². The highest BCUT2D eigenvalue weighted by molar-refractivity contribution is 5.29. The third kappa shape index (κ3) is 3.61. The molecule has 0 fully saturated rings. The lowest BCUT2D eigenvalue weighted by Gasteiger charge is -2.23. The van der Waals surface area contributed by atoms with Gasteiger partial charge in [0.25, 0.3) is 0 Å². The number of rotatable bonds is 5. The van der Waals surface area contributed by atoms with Gasteiger partial charge in [-0.3, -0.25) is 0 Å². The van der Waals surface area contributed by atoms with Gasteiger partial charge in [0.2, 0.25) is 0 Å². The van der Waals surface area contributed by atoms with Crippen LogP contribution in [0.3, 0.4) is 0 Å². The van der Waals surface area contributed by atoms with Gasteiger partial charge in [0, 0.05) is 12.1 Å². The summed E-state index contributed by atoms with van der Waals surface area (Å²) in [6.45, 7) is 6.48. The van der Waals surface area contributed by atoms with Crippen molar-refractivity contribution in [2.75, 3.05) is 0 Å². The topological polar surface area (TPSA) is 32.3 Å². The minimum atomic E-state index is 0.297. The van der Waals surface area contributed by atoms with E-state index < -0.39 is 0 Å². The van der Waals surface area contributed by atoms with E-state index in [1.807, 2.05) is 12.1 Å². The maximum absolute atomic E-state index is 9.38. The Labute approximate surface area is 121 Å². The molecule has 0 bridgehead atoms. The average Bonchev–Trinajstić information content (AvgIpc) is 2.45. The highest BCUT2D eigenvalue weighted by Gasteiger charge is 2.13. The van der Waals surface area contributed by atoms with Crippen molar-refractivity contribution in [1.29, 1.82) is 0 Å². The first-order valence-corrected chi connectivity index (χ1v) is 7.21. The molecule has 0 amide bonds. The van der Waals surface area contributed by atoms with Crippen LogP contribution in [-0.2, 0) is 0 Å². The van der Waals surface area contributed by atoms with E-state index in [2.05, 4.69) is 50.4 Å². The minimum Gasteiger partial charge on any atom is -0.508 e. The number of benzene rings is 2. The summed E-state index contributed by atoms with van der Waals surface area (Å²) >= 11 is 0. The number of aromatic hydroxyl groups is 1. The quantitative estimate of drug-likeness (QED) is 0.837. The van der Waals surface area contributed by atoms with E-state index in [-0.39, 0.29) is 0 Å². The van der Waals surface area contributed by atoms with Crippen LogP contribution in [0.5, 0.6) is 5.75 Å². The van der Waals surface area contributed by atoms with E-state index in [1.54, 1.807) is 12.1 Å². The molecule has 2 N–H and O–H groups in total. The van der Waals surface area contributed by atoms with E-state index in [0.717, 1.165) is 6.42 Å². The molecule has 0 heterocycles. The molecule has 1 unspecified atom stereocenters. The molecular formula is C18H23NO. The smallest absolute Gasteiger partial charge is 0.115 e.